The van der Waals surface area contributed by atoms with E-state index in [9.17, 15) is 44.0 Å². The van der Waals surface area contributed by atoms with Gasteiger partial charge in [0, 0.05) is 12.8 Å². The molecule has 0 bridgehead atoms. The van der Waals surface area contributed by atoms with Crippen LogP contribution in [0.3, 0.4) is 0 Å². The molecule has 17 nitrogen and oxygen atoms in total. The standard InChI is InChI=1S/C45H76O17P2/c1-3-5-7-9-11-13-14-15-16-18-20-22-28-32-39(47)59-35(34-58-64(55,56)62-45-42(50)40(48)41(49)44(43(45)51)61-63(52,53)54)33-57-38(46)31-27-24-23-26-30-37-36(60-37)29-25-21-19-17-12-10-8-6-4-2/h7,9,12-14,17,21,23,25-26,35-37,40-45,48-51H,3-6,8,10-11,15-16,18-20,22,24,27-34H2,1-2H3,(H,55,56)(H2,52,53,54)/b9-7-,14-13-,17-12-,25-21-,26-23-/t35-,36?,37?,40?,41?,42?,43?,44-,45+/m1/s1. The van der Waals surface area contributed by atoms with Crippen LogP contribution in [0.4, 0.5) is 0 Å². The first kappa shape index (κ1) is 57.8. The van der Waals surface area contributed by atoms with Crippen molar-refractivity contribution >= 4 is 27.6 Å². The number of hydrogen-bond donors (Lipinski definition) is 7. The van der Waals surface area contributed by atoms with Crippen LogP contribution < -0.4 is 0 Å². The molecule has 10 atom stereocenters. The Morgan fingerprint density at radius 2 is 1.08 bits per heavy atom. The number of esters is 2. The monoisotopic (exact) mass is 950 g/mol. The lowest BCUT2D eigenvalue weighted by molar-refractivity contribution is -0.216. The highest BCUT2D eigenvalue weighted by atomic mass is 31.2. The predicted octanol–water partition coefficient (Wildman–Crippen LogP) is 7.27. The Hall–Kier alpha value is -2.34. The number of carbonyl (C=O) groups excluding carboxylic acids is 2. The average molecular weight is 951 g/mol. The van der Waals surface area contributed by atoms with Gasteiger partial charge in [-0.1, -0.05) is 113 Å². The largest absolute Gasteiger partial charge is 0.472 e. The van der Waals surface area contributed by atoms with Gasteiger partial charge in [0.05, 0.1) is 18.8 Å². The fourth-order valence-corrected chi connectivity index (χ4v) is 8.28. The third kappa shape index (κ3) is 26.7. The number of aliphatic hydroxyl groups excluding tert-OH is 4. The van der Waals surface area contributed by atoms with E-state index in [1.54, 1.807) is 0 Å². The summed E-state index contributed by atoms with van der Waals surface area (Å²) in [4.78, 5) is 54.2. The summed E-state index contributed by atoms with van der Waals surface area (Å²) in [5.74, 6) is -1.30. The van der Waals surface area contributed by atoms with Crippen LogP contribution in [0, 0.1) is 0 Å². The Bertz CT molecular complexity index is 1540. The number of rotatable bonds is 36. The van der Waals surface area contributed by atoms with Gasteiger partial charge < -0.3 is 49.3 Å². The Kier molecular flexibility index (Phi) is 30.0. The molecule has 0 aromatic rings. The number of allylic oxidation sites excluding steroid dienone is 8. The van der Waals surface area contributed by atoms with Gasteiger partial charge in [0.1, 0.15) is 43.2 Å². The summed E-state index contributed by atoms with van der Waals surface area (Å²) < 4.78 is 55.0. The molecule has 64 heavy (non-hydrogen) atoms. The highest BCUT2D eigenvalue weighted by molar-refractivity contribution is 7.47. The van der Waals surface area contributed by atoms with E-state index in [1.165, 1.54) is 19.3 Å². The van der Waals surface area contributed by atoms with Crippen molar-refractivity contribution in [2.24, 2.45) is 0 Å². The molecule has 1 heterocycles. The molecule has 0 radical (unpaired) electrons. The van der Waals surface area contributed by atoms with Crippen LogP contribution in [0.2, 0.25) is 0 Å². The summed E-state index contributed by atoms with van der Waals surface area (Å²) in [6.07, 6.45) is 23.6. The third-order valence-corrected chi connectivity index (χ3v) is 12.0. The van der Waals surface area contributed by atoms with Crippen LogP contribution in [0.15, 0.2) is 60.8 Å². The molecule has 0 aromatic heterocycles. The fourth-order valence-electron chi connectivity index (χ4n) is 6.74. The Morgan fingerprint density at radius 1 is 0.562 bits per heavy atom. The lowest BCUT2D eigenvalue weighted by Crippen LogP contribution is -2.64. The number of unbranched alkanes of at least 4 members (excludes halogenated alkanes) is 10. The maximum absolute atomic E-state index is 13.0. The summed E-state index contributed by atoms with van der Waals surface area (Å²) in [6, 6.07) is 0. The topological polar surface area (TPSA) is 269 Å². The van der Waals surface area contributed by atoms with Crippen molar-refractivity contribution < 1.29 is 81.6 Å². The molecule has 2 rings (SSSR count). The van der Waals surface area contributed by atoms with E-state index in [2.05, 4.69) is 67.0 Å². The first-order valence-electron chi connectivity index (χ1n) is 23.0. The lowest BCUT2D eigenvalue weighted by Gasteiger charge is -2.43. The summed E-state index contributed by atoms with van der Waals surface area (Å²) in [5, 5.41) is 41.2. The number of ether oxygens (including phenoxy) is 3. The summed E-state index contributed by atoms with van der Waals surface area (Å²) >= 11 is 0. The fraction of sp³-hybridized carbons (Fsp3) is 0.733. The molecule has 2 fully saturated rings. The number of hydrogen-bond acceptors (Lipinski definition) is 14. The van der Waals surface area contributed by atoms with Crippen molar-refractivity contribution in [1.82, 2.24) is 0 Å². The number of epoxide rings is 1. The number of aliphatic hydroxyl groups is 4. The highest BCUT2D eigenvalue weighted by Crippen LogP contribution is 2.49. The van der Waals surface area contributed by atoms with Crippen molar-refractivity contribution in [1.29, 1.82) is 0 Å². The number of carbonyl (C=O) groups is 2. The minimum absolute atomic E-state index is 0.00981. The second kappa shape index (κ2) is 33.2. The van der Waals surface area contributed by atoms with E-state index in [4.69, 9.17) is 33.0 Å². The van der Waals surface area contributed by atoms with Crippen LogP contribution in [-0.2, 0) is 46.5 Å². The summed E-state index contributed by atoms with van der Waals surface area (Å²) in [5.41, 5.74) is 0. The zero-order valence-electron chi connectivity index (χ0n) is 37.6. The second-order valence-corrected chi connectivity index (χ2v) is 18.7. The van der Waals surface area contributed by atoms with Crippen LogP contribution in [0.5, 0.6) is 0 Å². The molecule has 0 aromatic carbocycles. The predicted molar refractivity (Wildman–Crippen MR) is 240 cm³/mol. The first-order chi connectivity index (χ1) is 30.6. The molecule has 7 N–H and O–H groups in total. The summed E-state index contributed by atoms with van der Waals surface area (Å²) in [6.45, 7) is 2.92. The summed E-state index contributed by atoms with van der Waals surface area (Å²) in [7, 11) is -10.7. The van der Waals surface area contributed by atoms with E-state index < -0.39 is 83.5 Å². The van der Waals surface area contributed by atoms with Gasteiger partial charge in [-0.25, -0.2) is 9.13 Å². The molecule has 19 heteroatoms. The highest BCUT2D eigenvalue weighted by Gasteiger charge is 2.54. The molecular formula is C45H76O17P2. The van der Waals surface area contributed by atoms with Gasteiger partial charge in [-0.3, -0.25) is 23.2 Å². The Balaban J connectivity index is 1.84. The Morgan fingerprint density at radius 3 is 1.70 bits per heavy atom. The molecule has 7 unspecified atom stereocenters. The lowest BCUT2D eigenvalue weighted by atomic mass is 9.85. The zero-order chi connectivity index (χ0) is 47.2. The maximum atomic E-state index is 13.0. The molecule has 0 amide bonds. The first-order valence-corrected chi connectivity index (χ1v) is 26.0. The quantitative estimate of drug-likeness (QED) is 0.0107. The van der Waals surface area contributed by atoms with Gasteiger partial charge >= 0.3 is 27.6 Å². The van der Waals surface area contributed by atoms with E-state index in [0.717, 1.165) is 77.0 Å². The SMILES string of the molecule is CCC/C=C\C/C=C\CCCCCCCC(=O)O[C@H](COC(=O)CCC/C=C\CC1OC1C/C=C\C/C=C\CCCCC)COP(=O)(O)O[C@H]1C(O)C(O)C(O)[C@@H](OP(=O)(O)O)C1O. The molecular weight excluding hydrogens is 874 g/mol. The van der Waals surface area contributed by atoms with Crippen molar-refractivity contribution in [3.05, 3.63) is 60.8 Å². The van der Waals surface area contributed by atoms with Crippen molar-refractivity contribution in [2.45, 2.75) is 197 Å². The van der Waals surface area contributed by atoms with E-state index in [0.29, 0.717) is 19.3 Å². The van der Waals surface area contributed by atoms with Gasteiger partial charge in [0.2, 0.25) is 0 Å². The minimum atomic E-state index is -5.37. The van der Waals surface area contributed by atoms with E-state index in [1.807, 2.05) is 12.2 Å². The average Bonchev–Trinajstić information content (AvgIpc) is 4.01. The van der Waals surface area contributed by atoms with Gasteiger partial charge in [0.15, 0.2) is 6.10 Å². The van der Waals surface area contributed by atoms with Gasteiger partial charge in [-0.15, -0.1) is 0 Å². The second-order valence-electron chi connectivity index (χ2n) is 16.1. The molecule has 0 spiro atoms. The molecule has 1 aliphatic carbocycles. The molecule has 1 saturated heterocycles. The molecule has 2 aliphatic rings. The maximum Gasteiger partial charge on any atom is 0.472 e. The van der Waals surface area contributed by atoms with Crippen LogP contribution in [0.25, 0.3) is 0 Å². The van der Waals surface area contributed by atoms with Crippen molar-refractivity contribution in [3.8, 4) is 0 Å². The smallest absolute Gasteiger partial charge is 0.462 e. The van der Waals surface area contributed by atoms with E-state index in [-0.39, 0.29) is 25.0 Å². The van der Waals surface area contributed by atoms with Crippen molar-refractivity contribution in [2.75, 3.05) is 13.2 Å². The van der Waals surface area contributed by atoms with Crippen LogP contribution >= 0.6 is 15.6 Å². The zero-order valence-corrected chi connectivity index (χ0v) is 39.4. The minimum Gasteiger partial charge on any atom is -0.462 e. The molecule has 1 saturated carbocycles. The molecule has 1 aliphatic heterocycles. The van der Waals surface area contributed by atoms with Gasteiger partial charge in [0.25, 0.3) is 0 Å². The number of phosphoric acid groups is 2. The van der Waals surface area contributed by atoms with Gasteiger partial charge in [-0.05, 0) is 77.0 Å². The Labute approximate surface area is 379 Å². The van der Waals surface area contributed by atoms with Crippen molar-refractivity contribution in [3.63, 3.8) is 0 Å². The number of phosphoric ester groups is 2. The van der Waals surface area contributed by atoms with Crippen LogP contribution in [-0.4, -0.2) is 115 Å². The molecule has 368 valence electrons. The van der Waals surface area contributed by atoms with E-state index >= 15 is 0 Å². The normalized spacial score (nSPS) is 25.5. The van der Waals surface area contributed by atoms with Gasteiger partial charge in [-0.2, -0.15) is 0 Å². The third-order valence-electron chi connectivity index (χ3n) is 10.4. The van der Waals surface area contributed by atoms with Crippen LogP contribution in [0.1, 0.15) is 142 Å².